The van der Waals surface area contributed by atoms with E-state index in [1.54, 1.807) is 24.5 Å². The van der Waals surface area contributed by atoms with Crippen LogP contribution in [0.15, 0.2) is 35.0 Å². The summed E-state index contributed by atoms with van der Waals surface area (Å²) < 4.78 is 43.1. The Labute approximate surface area is 106 Å². The van der Waals surface area contributed by atoms with Crippen LogP contribution in [-0.2, 0) is 0 Å². The molecule has 2 aromatic heterocycles. The number of rotatable bonds is 1. The highest BCUT2D eigenvalue weighted by Gasteiger charge is 2.40. The number of anilines is 1. The van der Waals surface area contributed by atoms with Crippen LogP contribution in [0, 0.1) is 0 Å². The van der Waals surface area contributed by atoms with E-state index in [2.05, 4.69) is 15.3 Å². The van der Waals surface area contributed by atoms with Crippen molar-refractivity contribution >= 4 is 12.0 Å². The molecule has 0 saturated heterocycles. The fourth-order valence-electron chi connectivity index (χ4n) is 1.73. The monoisotopic (exact) mass is 267 g/mol. The van der Waals surface area contributed by atoms with Gasteiger partial charge in [0, 0.05) is 18.0 Å². The predicted molar refractivity (Wildman–Crippen MR) is 62.2 cm³/mol. The standard InChI is InChI=1S/C12H8F3N3O/c13-12(14,15)9-2-1-8-11(18-9)19-10(17-8)7-3-5-16-6-4-7/h1-6,9,18H. The van der Waals surface area contributed by atoms with Crippen molar-refractivity contribution in [1.29, 1.82) is 0 Å². The molecule has 0 aliphatic carbocycles. The molecule has 0 spiro atoms. The summed E-state index contributed by atoms with van der Waals surface area (Å²) in [5.41, 5.74) is 1.01. The molecule has 2 aromatic rings. The molecular weight excluding hydrogens is 259 g/mol. The van der Waals surface area contributed by atoms with Gasteiger partial charge < -0.3 is 9.73 Å². The maximum atomic E-state index is 12.6. The van der Waals surface area contributed by atoms with Crippen LogP contribution in [-0.4, -0.2) is 22.2 Å². The second kappa shape index (κ2) is 4.11. The van der Waals surface area contributed by atoms with Gasteiger partial charge in [-0.15, -0.1) is 0 Å². The van der Waals surface area contributed by atoms with Crippen molar-refractivity contribution in [2.45, 2.75) is 12.2 Å². The average Bonchev–Trinajstić information content (AvgIpc) is 2.81. The van der Waals surface area contributed by atoms with E-state index < -0.39 is 12.2 Å². The van der Waals surface area contributed by atoms with E-state index in [0.29, 0.717) is 11.3 Å². The topological polar surface area (TPSA) is 51.0 Å². The Hall–Kier alpha value is -2.31. The molecule has 7 heteroatoms. The summed E-state index contributed by atoms with van der Waals surface area (Å²) in [6.07, 6.45) is 1.07. The third-order valence-corrected chi connectivity index (χ3v) is 2.67. The quantitative estimate of drug-likeness (QED) is 0.862. The number of fused-ring (bicyclic) bond motifs is 1. The van der Waals surface area contributed by atoms with Crippen LogP contribution in [0.2, 0.25) is 0 Å². The first-order valence-electron chi connectivity index (χ1n) is 5.47. The number of nitrogens with one attached hydrogen (secondary N) is 1. The van der Waals surface area contributed by atoms with Gasteiger partial charge in [-0.25, -0.2) is 4.98 Å². The van der Waals surface area contributed by atoms with Crippen molar-refractivity contribution in [1.82, 2.24) is 9.97 Å². The molecular formula is C12H8F3N3O. The Morgan fingerprint density at radius 1 is 1.21 bits per heavy atom. The summed E-state index contributed by atoms with van der Waals surface area (Å²) in [6, 6.07) is 1.59. The lowest BCUT2D eigenvalue weighted by Crippen LogP contribution is -2.35. The Morgan fingerprint density at radius 3 is 2.63 bits per heavy atom. The number of nitrogens with zero attached hydrogens (tertiary/aromatic N) is 2. The smallest absolute Gasteiger partial charge is 0.412 e. The minimum absolute atomic E-state index is 0.0247. The molecule has 19 heavy (non-hydrogen) atoms. The zero-order chi connectivity index (χ0) is 13.5. The number of pyridine rings is 1. The molecule has 0 amide bonds. The van der Waals surface area contributed by atoms with E-state index in [1.165, 1.54) is 6.08 Å². The van der Waals surface area contributed by atoms with Gasteiger partial charge in [-0.3, -0.25) is 4.98 Å². The van der Waals surface area contributed by atoms with Gasteiger partial charge in [0.25, 0.3) is 0 Å². The minimum atomic E-state index is -4.36. The highest BCUT2D eigenvalue weighted by atomic mass is 19.4. The van der Waals surface area contributed by atoms with E-state index in [4.69, 9.17) is 4.42 Å². The summed E-state index contributed by atoms with van der Waals surface area (Å²) >= 11 is 0. The van der Waals surface area contributed by atoms with Crippen molar-refractivity contribution in [2.75, 3.05) is 5.32 Å². The van der Waals surface area contributed by atoms with Crippen molar-refractivity contribution in [3.8, 4) is 11.5 Å². The molecule has 0 aromatic carbocycles. The molecule has 1 aliphatic rings. The fraction of sp³-hybridized carbons (Fsp3) is 0.167. The lowest BCUT2D eigenvalue weighted by atomic mass is 10.2. The van der Waals surface area contributed by atoms with Gasteiger partial charge in [0.2, 0.25) is 11.8 Å². The molecule has 0 saturated carbocycles. The van der Waals surface area contributed by atoms with Crippen LogP contribution in [0.1, 0.15) is 5.69 Å². The lowest BCUT2D eigenvalue weighted by molar-refractivity contribution is -0.132. The van der Waals surface area contributed by atoms with Crippen molar-refractivity contribution in [3.63, 3.8) is 0 Å². The highest BCUT2D eigenvalue weighted by molar-refractivity contribution is 5.67. The van der Waals surface area contributed by atoms with E-state index in [1.807, 2.05) is 0 Å². The van der Waals surface area contributed by atoms with Crippen LogP contribution in [0.3, 0.4) is 0 Å². The highest BCUT2D eigenvalue weighted by Crippen LogP contribution is 2.33. The summed E-state index contributed by atoms with van der Waals surface area (Å²) in [6.45, 7) is 0. The number of halogens is 3. The summed E-state index contributed by atoms with van der Waals surface area (Å²) in [7, 11) is 0. The number of hydrogen-bond donors (Lipinski definition) is 1. The molecule has 4 nitrogen and oxygen atoms in total. The van der Waals surface area contributed by atoms with Crippen LogP contribution >= 0.6 is 0 Å². The van der Waals surface area contributed by atoms with Gasteiger partial charge in [-0.05, 0) is 18.2 Å². The van der Waals surface area contributed by atoms with E-state index in [-0.39, 0.29) is 11.8 Å². The van der Waals surface area contributed by atoms with Crippen LogP contribution in [0.5, 0.6) is 0 Å². The molecule has 1 aliphatic heterocycles. The van der Waals surface area contributed by atoms with E-state index in [0.717, 1.165) is 6.08 Å². The molecule has 1 N–H and O–H groups in total. The minimum Gasteiger partial charge on any atom is -0.420 e. The second-order valence-electron chi connectivity index (χ2n) is 3.99. The van der Waals surface area contributed by atoms with Crippen LogP contribution < -0.4 is 5.32 Å². The number of oxazole rings is 1. The van der Waals surface area contributed by atoms with Crippen LogP contribution in [0.25, 0.3) is 17.5 Å². The normalized spacial score (nSPS) is 17.9. The Bertz CT molecular complexity index is 619. The maximum Gasteiger partial charge on any atom is 0.412 e. The summed E-state index contributed by atoms with van der Waals surface area (Å²) in [5, 5.41) is 2.27. The van der Waals surface area contributed by atoms with Gasteiger partial charge in [0.15, 0.2) is 0 Å². The third-order valence-electron chi connectivity index (χ3n) is 2.67. The van der Waals surface area contributed by atoms with Gasteiger partial charge >= 0.3 is 6.18 Å². The number of hydrogen-bond acceptors (Lipinski definition) is 4. The Kier molecular flexibility index (Phi) is 2.55. The third kappa shape index (κ3) is 2.18. The van der Waals surface area contributed by atoms with E-state index in [9.17, 15) is 13.2 Å². The zero-order valence-electron chi connectivity index (χ0n) is 9.48. The van der Waals surface area contributed by atoms with Crippen LogP contribution in [0.4, 0.5) is 19.1 Å². The fourth-order valence-corrected chi connectivity index (χ4v) is 1.73. The summed E-state index contributed by atoms with van der Waals surface area (Å²) in [4.78, 5) is 7.98. The molecule has 0 fully saturated rings. The van der Waals surface area contributed by atoms with Gasteiger partial charge in [0.05, 0.1) is 0 Å². The zero-order valence-corrected chi connectivity index (χ0v) is 9.48. The summed E-state index contributed by atoms with van der Waals surface area (Å²) in [5.74, 6) is 0.281. The average molecular weight is 267 g/mol. The Balaban J connectivity index is 1.93. The van der Waals surface area contributed by atoms with Crippen molar-refractivity contribution < 1.29 is 17.6 Å². The van der Waals surface area contributed by atoms with E-state index >= 15 is 0 Å². The second-order valence-corrected chi connectivity index (χ2v) is 3.99. The first-order valence-corrected chi connectivity index (χ1v) is 5.47. The number of aromatic nitrogens is 2. The molecule has 3 heterocycles. The molecule has 1 unspecified atom stereocenters. The Morgan fingerprint density at radius 2 is 1.95 bits per heavy atom. The first-order chi connectivity index (χ1) is 9.04. The molecule has 0 bridgehead atoms. The molecule has 3 rings (SSSR count). The number of alkyl halides is 3. The van der Waals surface area contributed by atoms with Gasteiger partial charge in [-0.2, -0.15) is 13.2 Å². The molecule has 0 radical (unpaired) electrons. The largest absolute Gasteiger partial charge is 0.420 e. The maximum absolute atomic E-state index is 12.6. The SMILES string of the molecule is FC(F)(F)C1C=Cc2nc(-c3ccncc3)oc2N1. The van der Waals surface area contributed by atoms with Gasteiger partial charge in [0.1, 0.15) is 11.7 Å². The van der Waals surface area contributed by atoms with Gasteiger partial charge in [-0.1, -0.05) is 6.08 Å². The van der Waals surface area contributed by atoms with Crippen molar-refractivity contribution in [2.24, 2.45) is 0 Å². The molecule has 98 valence electrons. The molecule has 1 atom stereocenters. The van der Waals surface area contributed by atoms with Crippen molar-refractivity contribution in [3.05, 3.63) is 36.3 Å². The lowest BCUT2D eigenvalue weighted by Gasteiger charge is -2.20. The first kappa shape index (κ1) is 11.8. The predicted octanol–water partition coefficient (Wildman–Crippen LogP) is 3.11.